The van der Waals surface area contributed by atoms with Gasteiger partial charge in [0.1, 0.15) is 5.82 Å². The summed E-state index contributed by atoms with van der Waals surface area (Å²) in [5.41, 5.74) is -0.196. The first-order valence-electron chi connectivity index (χ1n) is 5.71. The van der Waals surface area contributed by atoms with E-state index >= 15 is 0 Å². The van der Waals surface area contributed by atoms with E-state index in [0.717, 1.165) is 17.7 Å². The second-order valence-electron chi connectivity index (χ2n) is 4.18. The van der Waals surface area contributed by atoms with E-state index in [4.69, 9.17) is 11.6 Å². The lowest BCUT2D eigenvalue weighted by Gasteiger charge is -2.11. The third-order valence-electron chi connectivity index (χ3n) is 2.67. The number of hydrogen-bond donors (Lipinski definition) is 1. The molecule has 0 unspecified atom stereocenters. The molecule has 0 amide bonds. The Balaban J connectivity index is 2.11. The Morgan fingerprint density at radius 3 is 2.40 bits per heavy atom. The summed E-state index contributed by atoms with van der Waals surface area (Å²) in [6, 6.07) is 9.29. The first-order valence-corrected chi connectivity index (χ1v) is 6.09. The minimum atomic E-state index is -4.55. The molecular formula is C14H10ClF4N. The Labute approximate surface area is 118 Å². The van der Waals surface area contributed by atoms with Crippen LogP contribution < -0.4 is 5.32 Å². The van der Waals surface area contributed by atoms with Crippen LogP contribution in [0.1, 0.15) is 11.1 Å². The van der Waals surface area contributed by atoms with Gasteiger partial charge in [0.25, 0.3) is 0 Å². The smallest absolute Gasteiger partial charge is 0.379 e. The average Bonchev–Trinajstić information content (AvgIpc) is 2.36. The van der Waals surface area contributed by atoms with E-state index in [1.165, 1.54) is 0 Å². The van der Waals surface area contributed by atoms with E-state index in [2.05, 4.69) is 5.32 Å². The third-order valence-corrected chi connectivity index (χ3v) is 2.90. The second-order valence-corrected chi connectivity index (χ2v) is 4.61. The second kappa shape index (κ2) is 5.71. The maximum atomic E-state index is 13.6. The van der Waals surface area contributed by atoms with Crippen molar-refractivity contribution in [2.24, 2.45) is 0 Å². The fourth-order valence-corrected chi connectivity index (χ4v) is 1.89. The summed E-state index contributed by atoms with van der Waals surface area (Å²) in [6.07, 6.45) is -4.55. The van der Waals surface area contributed by atoms with Crippen LogP contribution in [0, 0.1) is 5.82 Å². The first kappa shape index (κ1) is 14.7. The molecule has 0 bridgehead atoms. The van der Waals surface area contributed by atoms with Gasteiger partial charge in [0, 0.05) is 11.6 Å². The van der Waals surface area contributed by atoms with Crippen molar-refractivity contribution in [1.82, 2.24) is 0 Å². The molecule has 0 fully saturated rings. The molecule has 0 aliphatic heterocycles. The van der Waals surface area contributed by atoms with Crippen LogP contribution in [0.15, 0.2) is 42.5 Å². The quantitative estimate of drug-likeness (QED) is 0.777. The normalized spacial score (nSPS) is 11.4. The lowest BCUT2D eigenvalue weighted by atomic mass is 10.1. The minimum absolute atomic E-state index is 0.0120. The molecule has 0 saturated carbocycles. The lowest BCUT2D eigenvalue weighted by molar-refractivity contribution is -0.137. The summed E-state index contributed by atoms with van der Waals surface area (Å²) >= 11 is 5.80. The van der Waals surface area contributed by atoms with Gasteiger partial charge in [-0.2, -0.15) is 13.2 Å². The number of hydrogen-bond acceptors (Lipinski definition) is 1. The highest BCUT2D eigenvalue weighted by Gasteiger charge is 2.31. The van der Waals surface area contributed by atoms with Gasteiger partial charge in [-0.05, 0) is 35.9 Å². The molecule has 0 spiro atoms. The fraction of sp³-hybridized carbons (Fsp3) is 0.143. The predicted octanol–water partition coefficient (Wildman–Crippen LogP) is 5.11. The number of anilines is 1. The summed E-state index contributed by atoms with van der Waals surface area (Å²) in [4.78, 5) is 0. The predicted molar refractivity (Wildman–Crippen MR) is 70.2 cm³/mol. The Morgan fingerprint density at radius 1 is 1.05 bits per heavy atom. The van der Waals surface area contributed by atoms with Crippen LogP contribution in [0.2, 0.25) is 5.02 Å². The number of rotatable bonds is 3. The van der Waals surface area contributed by atoms with Crippen molar-refractivity contribution in [1.29, 1.82) is 0 Å². The van der Waals surface area contributed by atoms with E-state index in [1.807, 2.05) is 0 Å². The van der Waals surface area contributed by atoms with Crippen LogP contribution in [-0.2, 0) is 12.7 Å². The highest BCUT2D eigenvalue weighted by Crippen LogP contribution is 2.31. The highest BCUT2D eigenvalue weighted by molar-refractivity contribution is 6.30. The number of halogens is 5. The molecule has 0 saturated heterocycles. The summed E-state index contributed by atoms with van der Waals surface area (Å²) < 4.78 is 50.8. The molecule has 0 heterocycles. The van der Waals surface area contributed by atoms with Gasteiger partial charge in [-0.15, -0.1) is 0 Å². The van der Waals surface area contributed by atoms with Gasteiger partial charge < -0.3 is 5.32 Å². The average molecular weight is 304 g/mol. The van der Waals surface area contributed by atoms with Gasteiger partial charge in [0.15, 0.2) is 0 Å². The Bertz CT molecular complexity index is 610. The van der Waals surface area contributed by atoms with Crippen molar-refractivity contribution >= 4 is 17.3 Å². The molecule has 2 aromatic rings. The van der Waals surface area contributed by atoms with Crippen LogP contribution in [0.5, 0.6) is 0 Å². The Hall–Kier alpha value is -1.75. The van der Waals surface area contributed by atoms with Gasteiger partial charge in [-0.3, -0.25) is 0 Å². The lowest BCUT2D eigenvalue weighted by Crippen LogP contribution is -2.07. The first-order chi connectivity index (χ1) is 9.36. The van der Waals surface area contributed by atoms with Crippen LogP contribution in [0.25, 0.3) is 0 Å². The molecule has 106 valence electrons. The van der Waals surface area contributed by atoms with Crippen molar-refractivity contribution < 1.29 is 17.6 Å². The molecule has 2 aromatic carbocycles. The van der Waals surface area contributed by atoms with Crippen LogP contribution >= 0.6 is 11.6 Å². The van der Waals surface area contributed by atoms with E-state index in [-0.39, 0.29) is 12.2 Å². The van der Waals surface area contributed by atoms with Crippen LogP contribution in [0.4, 0.5) is 23.2 Å². The SMILES string of the molecule is Fc1cc(C(F)(F)F)ccc1NCc1cccc(Cl)c1. The largest absolute Gasteiger partial charge is 0.416 e. The standard InChI is InChI=1S/C14H10ClF4N/c15-11-3-1-2-9(6-11)8-20-13-5-4-10(7-12(13)16)14(17,18)19/h1-7,20H,8H2. The van der Waals surface area contributed by atoms with Crippen molar-refractivity contribution in [3.8, 4) is 0 Å². The number of benzene rings is 2. The summed E-state index contributed by atoms with van der Waals surface area (Å²) in [5.74, 6) is -0.943. The monoisotopic (exact) mass is 303 g/mol. The summed E-state index contributed by atoms with van der Waals surface area (Å²) in [5, 5.41) is 3.27. The molecule has 20 heavy (non-hydrogen) atoms. The number of nitrogens with one attached hydrogen (secondary N) is 1. The molecule has 1 nitrogen and oxygen atoms in total. The molecular weight excluding hydrogens is 294 g/mol. The van der Waals surface area contributed by atoms with E-state index in [0.29, 0.717) is 11.1 Å². The zero-order chi connectivity index (χ0) is 14.8. The van der Waals surface area contributed by atoms with E-state index in [9.17, 15) is 17.6 Å². The molecule has 0 aromatic heterocycles. The molecule has 0 aliphatic rings. The Kier molecular flexibility index (Phi) is 4.18. The van der Waals surface area contributed by atoms with Crippen molar-refractivity contribution in [2.75, 3.05) is 5.32 Å². The van der Waals surface area contributed by atoms with Gasteiger partial charge >= 0.3 is 6.18 Å². The summed E-state index contributed by atoms with van der Waals surface area (Å²) in [6.45, 7) is 0.267. The zero-order valence-electron chi connectivity index (χ0n) is 10.1. The maximum absolute atomic E-state index is 13.6. The van der Waals surface area contributed by atoms with Crippen molar-refractivity contribution in [3.63, 3.8) is 0 Å². The van der Waals surface area contributed by atoms with E-state index < -0.39 is 17.6 Å². The molecule has 0 atom stereocenters. The topological polar surface area (TPSA) is 12.0 Å². The minimum Gasteiger partial charge on any atom is -0.379 e. The molecule has 2 rings (SSSR count). The summed E-state index contributed by atoms with van der Waals surface area (Å²) in [7, 11) is 0. The zero-order valence-corrected chi connectivity index (χ0v) is 10.9. The third kappa shape index (κ3) is 3.63. The van der Waals surface area contributed by atoms with Crippen LogP contribution in [-0.4, -0.2) is 0 Å². The highest BCUT2D eigenvalue weighted by atomic mass is 35.5. The molecule has 6 heteroatoms. The van der Waals surface area contributed by atoms with Gasteiger partial charge in [-0.25, -0.2) is 4.39 Å². The Morgan fingerprint density at radius 2 is 1.80 bits per heavy atom. The molecule has 0 radical (unpaired) electrons. The molecule has 0 aliphatic carbocycles. The van der Waals surface area contributed by atoms with Gasteiger partial charge in [0.05, 0.1) is 11.3 Å². The fourth-order valence-electron chi connectivity index (χ4n) is 1.68. The van der Waals surface area contributed by atoms with Crippen molar-refractivity contribution in [3.05, 3.63) is 64.4 Å². The van der Waals surface area contributed by atoms with Gasteiger partial charge in [0.2, 0.25) is 0 Å². The maximum Gasteiger partial charge on any atom is 0.416 e. The number of alkyl halides is 3. The van der Waals surface area contributed by atoms with Crippen LogP contribution in [0.3, 0.4) is 0 Å². The van der Waals surface area contributed by atoms with Crippen molar-refractivity contribution in [2.45, 2.75) is 12.7 Å². The molecule has 1 N–H and O–H groups in total. The van der Waals surface area contributed by atoms with E-state index in [1.54, 1.807) is 24.3 Å². The van der Waals surface area contributed by atoms with Gasteiger partial charge in [-0.1, -0.05) is 23.7 Å².